The van der Waals surface area contributed by atoms with E-state index in [9.17, 15) is 9.59 Å². The van der Waals surface area contributed by atoms with Crippen LogP contribution in [-0.4, -0.2) is 79.4 Å². The Morgan fingerprint density at radius 1 is 1.12 bits per heavy atom. The number of anilines is 4. The van der Waals surface area contributed by atoms with Crippen LogP contribution < -0.4 is 30.5 Å². The van der Waals surface area contributed by atoms with Crippen LogP contribution in [0.1, 0.15) is 75.1 Å². The second kappa shape index (κ2) is 12.4. The summed E-state index contributed by atoms with van der Waals surface area (Å²) >= 11 is 0. The van der Waals surface area contributed by atoms with Gasteiger partial charge in [-0.15, -0.1) is 0 Å². The van der Waals surface area contributed by atoms with Gasteiger partial charge in [0, 0.05) is 24.7 Å². The molecular weight excluding hydrogens is 534 g/mol. The molecule has 2 aliphatic heterocycles. The lowest BCUT2D eigenvalue weighted by Gasteiger charge is -2.43. The Bertz CT molecular complexity index is 1290. The fourth-order valence-electron chi connectivity index (χ4n) is 6.77. The third kappa shape index (κ3) is 5.76. The first-order valence-corrected chi connectivity index (χ1v) is 15.5. The number of methoxy groups -OCH3 is 1. The minimum absolute atomic E-state index is 0.0865. The molecule has 42 heavy (non-hydrogen) atoms. The number of benzene rings is 1. The molecule has 3 heterocycles. The van der Waals surface area contributed by atoms with Gasteiger partial charge in [-0.1, -0.05) is 19.8 Å². The van der Waals surface area contributed by atoms with Crippen LogP contribution in [0, 0.1) is 0 Å². The predicted molar refractivity (Wildman–Crippen MR) is 162 cm³/mol. The number of rotatable bonds is 9. The Morgan fingerprint density at radius 2 is 1.88 bits per heavy atom. The standard InChI is InChI=1S/C31H43N7O4/c1-4-25-30(40)37(2)26-18-33-31(36-28(26)38(25)21-7-5-6-8-21)35-24-10-9-19(15-27(24)41-3)29(39)34-20-16-23(17-20)42-22-11-13-32-14-12-22/h9-10,15,18,20-23,25,32H,4-8,11-14,16-17H2,1-3H3,(H,34,39)(H,33,35,36)/t20?,23?,25-/m1/s1. The fourth-order valence-corrected chi connectivity index (χ4v) is 6.77. The van der Waals surface area contributed by atoms with Crippen molar-refractivity contribution in [2.24, 2.45) is 0 Å². The summed E-state index contributed by atoms with van der Waals surface area (Å²) in [6, 6.07) is 5.52. The molecule has 3 N–H and O–H groups in total. The van der Waals surface area contributed by atoms with E-state index < -0.39 is 0 Å². The number of ether oxygens (including phenoxy) is 2. The van der Waals surface area contributed by atoms with Gasteiger partial charge >= 0.3 is 0 Å². The number of piperidine rings is 1. The average molecular weight is 578 g/mol. The molecule has 2 aromatic rings. The molecule has 11 heteroatoms. The third-order valence-corrected chi connectivity index (χ3v) is 9.22. The van der Waals surface area contributed by atoms with Crippen molar-refractivity contribution in [2.75, 3.05) is 42.4 Å². The first-order chi connectivity index (χ1) is 20.4. The Hall–Kier alpha value is -3.44. The molecule has 1 atom stereocenters. The lowest BCUT2D eigenvalue weighted by molar-refractivity contribution is -0.120. The molecule has 4 aliphatic rings. The third-order valence-electron chi connectivity index (χ3n) is 9.22. The highest BCUT2D eigenvalue weighted by Crippen LogP contribution is 2.40. The van der Waals surface area contributed by atoms with Crippen molar-refractivity contribution in [3.05, 3.63) is 30.0 Å². The molecule has 3 fully saturated rings. The van der Waals surface area contributed by atoms with Crippen LogP contribution in [0.2, 0.25) is 0 Å². The normalized spacial score (nSPS) is 24.7. The summed E-state index contributed by atoms with van der Waals surface area (Å²) in [7, 11) is 3.38. The molecule has 1 aromatic heterocycles. The van der Waals surface area contributed by atoms with Gasteiger partial charge in [0.25, 0.3) is 5.91 Å². The van der Waals surface area contributed by atoms with E-state index in [4.69, 9.17) is 14.5 Å². The average Bonchev–Trinajstić information content (AvgIpc) is 3.53. The molecule has 2 aliphatic carbocycles. The fraction of sp³-hybridized carbons (Fsp3) is 0.613. The summed E-state index contributed by atoms with van der Waals surface area (Å²) in [4.78, 5) is 39.5. The molecule has 11 nitrogen and oxygen atoms in total. The Balaban J connectivity index is 1.13. The van der Waals surface area contributed by atoms with Gasteiger partial charge in [0.1, 0.15) is 17.5 Å². The van der Waals surface area contributed by atoms with Crippen LogP contribution in [0.15, 0.2) is 24.4 Å². The summed E-state index contributed by atoms with van der Waals surface area (Å²) < 4.78 is 11.8. The summed E-state index contributed by atoms with van der Waals surface area (Å²) in [6.07, 6.45) is 11.2. The van der Waals surface area contributed by atoms with Crippen molar-refractivity contribution in [3.63, 3.8) is 0 Å². The number of nitrogens with one attached hydrogen (secondary N) is 3. The largest absolute Gasteiger partial charge is 0.495 e. The maximum atomic E-state index is 13.2. The number of likely N-dealkylation sites (N-methyl/N-ethyl adjacent to an activating group) is 1. The lowest BCUT2D eigenvalue weighted by Crippen LogP contribution is -2.55. The van der Waals surface area contributed by atoms with E-state index in [0.717, 1.165) is 82.4 Å². The van der Waals surface area contributed by atoms with Crippen molar-refractivity contribution in [2.45, 2.75) is 95.0 Å². The van der Waals surface area contributed by atoms with Gasteiger partial charge in [0.2, 0.25) is 11.9 Å². The minimum atomic E-state index is -0.234. The first kappa shape index (κ1) is 28.7. The van der Waals surface area contributed by atoms with Crippen molar-refractivity contribution in [1.82, 2.24) is 20.6 Å². The summed E-state index contributed by atoms with van der Waals surface area (Å²) in [5.41, 5.74) is 1.91. The summed E-state index contributed by atoms with van der Waals surface area (Å²) in [5.74, 6) is 1.69. The molecular formula is C31H43N7O4. The molecule has 0 spiro atoms. The van der Waals surface area contributed by atoms with Crippen LogP contribution >= 0.6 is 0 Å². The van der Waals surface area contributed by atoms with Gasteiger partial charge in [0.05, 0.1) is 31.2 Å². The van der Waals surface area contributed by atoms with Crippen molar-refractivity contribution in [1.29, 1.82) is 0 Å². The van der Waals surface area contributed by atoms with Crippen molar-refractivity contribution >= 4 is 35.0 Å². The minimum Gasteiger partial charge on any atom is -0.495 e. The Labute approximate surface area is 247 Å². The van der Waals surface area contributed by atoms with E-state index in [-0.39, 0.29) is 30.0 Å². The maximum absolute atomic E-state index is 13.2. The summed E-state index contributed by atoms with van der Waals surface area (Å²) in [6.45, 7) is 4.08. The second-order valence-corrected chi connectivity index (χ2v) is 12.0. The van der Waals surface area contributed by atoms with Crippen LogP contribution in [0.25, 0.3) is 0 Å². The number of aromatic nitrogens is 2. The zero-order valence-electron chi connectivity index (χ0n) is 24.9. The highest BCUT2D eigenvalue weighted by Gasteiger charge is 2.41. The zero-order chi connectivity index (χ0) is 29.2. The quantitative estimate of drug-likeness (QED) is 0.409. The monoisotopic (exact) mass is 577 g/mol. The van der Waals surface area contributed by atoms with Crippen LogP contribution in [0.5, 0.6) is 5.75 Å². The molecule has 0 unspecified atom stereocenters. The van der Waals surface area contributed by atoms with Gasteiger partial charge in [-0.2, -0.15) is 4.98 Å². The van der Waals surface area contributed by atoms with Gasteiger partial charge in [-0.05, 0) is 76.2 Å². The van der Waals surface area contributed by atoms with Gasteiger partial charge < -0.3 is 35.2 Å². The van der Waals surface area contributed by atoms with Crippen molar-refractivity contribution < 1.29 is 19.1 Å². The smallest absolute Gasteiger partial charge is 0.251 e. The SMILES string of the molecule is CC[C@@H]1C(=O)N(C)c2cnc(Nc3ccc(C(=O)NC4CC(OC5CCNCC5)C4)cc3OC)nc2N1C1CCCC1. The molecule has 1 saturated heterocycles. The molecule has 0 radical (unpaired) electrons. The number of fused-ring (bicyclic) bond motifs is 1. The van der Waals surface area contributed by atoms with E-state index in [2.05, 4.69) is 32.8 Å². The van der Waals surface area contributed by atoms with E-state index in [1.165, 1.54) is 0 Å². The lowest BCUT2D eigenvalue weighted by atomic mass is 9.88. The predicted octanol–water partition coefficient (Wildman–Crippen LogP) is 3.76. The highest BCUT2D eigenvalue weighted by molar-refractivity contribution is 6.04. The van der Waals surface area contributed by atoms with E-state index in [1.54, 1.807) is 37.4 Å². The van der Waals surface area contributed by atoms with E-state index in [0.29, 0.717) is 35.1 Å². The van der Waals surface area contributed by atoms with Gasteiger partial charge in [0.15, 0.2) is 5.82 Å². The molecule has 2 amide bonds. The second-order valence-electron chi connectivity index (χ2n) is 12.0. The van der Waals surface area contributed by atoms with Crippen molar-refractivity contribution in [3.8, 4) is 5.75 Å². The van der Waals surface area contributed by atoms with Gasteiger partial charge in [-0.3, -0.25) is 9.59 Å². The number of hydrogen-bond donors (Lipinski definition) is 3. The Kier molecular flexibility index (Phi) is 8.48. The summed E-state index contributed by atoms with van der Waals surface area (Å²) in [5, 5.41) is 9.78. The zero-order valence-corrected chi connectivity index (χ0v) is 24.9. The molecule has 6 rings (SSSR count). The number of nitrogens with zero attached hydrogens (tertiary/aromatic N) is 4. The highest BCUT2D eigenvalue weighted by atomic mass is 16.5. The molecule has 226 valence electrons. The Morgan fingerprint density at radius 3 is 2.60 bits per heavy atom. The number of hydrogen-bond acceptors (Lipinski definition) is 9. The van der Waals surface area contributed by atoms with E-state index in [1.807, 2.05) is 6.07 Å². The van der Waals surface area contributed by atoms with E-state index >= 15 is 0 Å². The van der Waals surface area contributed by atoms with Crippen LogP contribution in [-0.2, 0) is 9.53 Å². The molecule has 2 saturated carbocycles. The van der Waals surface area contributed by atoms with Crippen LogP contribution in [0.4, 0.5) is 23.1 Å². The maximum Gasteiger partial charge on any atom is 0.251 e. The number of carbonyl (C=O) groups is 2. The topological polar surface area (TPSA) is 121 Å². The first-order valence-electron chi connectivity index (χ1n) is 15.5. The number of amides is 2. The number of carbonyl (C=O) groups excluding carboxylic acids is 2. The molecule has 1 aromatic carbocycles. The van der Waals surface area contributed by atoms with Crippen LogP contribution in [0.3, 0.4) is 0 Å². The van der Waals surface area contributed by atoms with Gasteiger partial charge in [-0.25, -0.2) is 4.98 Å². The molecule has 0 bridgehead atoms.